The van der Waals surface area contributed by atoms with Crippen molar-refractivity contribution < 1.29 is 23.9 Å². The van der Waals surface area contributed by atoms with Crippen molar-refractivity contribution in [1.29, 1.82) is 0 Å². The number of hydrogen-bond acceptors (Lipinski definition) is 6. The van der Waals surface area contributed by atoms with E-state index in [1.165, 1.54) is 6.20 Å². The predicted molar refractivity (Wildman–Crippen MR) is 106 cm³/mol. The second-order valence-electron chi connectivity index (χ2n) is 6.65. The minimum atomic E-state index is -0.502. The molecule has 0 spiro atoms. The van der Waals surface area contributed by atoms with Gasteiger partial charge in [0.15, 0.2) is 6.29 Å². The Balaban J connectivity index is 1.64. The van der Waals surface area contributed by atoms with E-state index in [1.807, 2.05) is 13.0 Å². The summed E-state index contributed by atoms with van der Waals surface area (Å²) in [6.45, 7) is 3.14. The molecule has 1 unspecified atom stereocenters. The number of amides is 2. The fourth-order valence-corrected chi connectivity index (χ4v) is 2.81. The zero-order valence-electron chi connectivity index (χ0n) is 16.3. The molecule has 29 heavy (non-hydrogen) atoms. The van der Waals surface area contributed by atoms with Gasteiger partial charge in [-0.3, -0.25) is 9.78 Å². The zero-order chi connectivity index (χ0) is 20.5. The molecule has 0 aliphatic carbocycles. The van der Waals surface area contributed by atoms with E-state index in [0.29, 0.717) is 30.0 Å². The highest BCUT2D eigenvalue weighted by Gasteiger charge is 2.17. The second-order valence-corrected chi connectivity index (χ2v) is 6.65. The van der Waals surface area contributed by atoms with Gasteiger partial charge in [-0.25, -0.2) is 15.1 Å². The molecule has 1 atom stereocenters. The lowest BCUT2D eigenvalue weighted by molar-refractivity contribution is -0.186. The number of hydroxylamine groups is 1. The number of nitrogens with zero attached hydrogens (tertiary/aromatic N) is 1. The molecule has 1 saturated heterocycles. The van der Waals surface area contributed by atoms with E-state index >= 15 is 0 Å². The minimum Gasteiger partial charge on any atom is -0.410 e. The number of aromatic nitrogens is 1. The van der Waals surface area contributed by atoms with Crippen LogP contribution in [-0.2, 0) is 9.57 Å². The normalized spacial score (nSPS) is 16.1. The fraction of sp³-hybridized carbons (Fsp3) is 0.381. The molecule has 2 amide bonds. The summed E-state index contributed by atoms with van der Waals surface area (Å²) in [5.41, 5.74) is 4.26. The van der Waals surface area contributed by atoms with E-state index in [9.17, 15) is 9.59 Å². The summed E-state index contributed by atoms with van der Waals surface area (Å²) >= 11 is 0. The van der Waals surface area contributed by atoms with Crippen LogP contribution >= 0.6 is 0 Å². The average molecular weight is 399 g/mol. The number of rotatable bonds is 7. The molecule has 1 aromatic heterocycles. The van der Waals surface area contributed by atoms with Gasteiger partial charge < -0.3 is 14.8 Å². The van der Waals surface area contributed by atoms with Gasteiger partial charge >= 0.3 is 6.09 Å². The van der Waals surface area contributed by atoms with E-state index in [1.54, 1.807) is 30.5 Å². The van der Waals surface area contributed by atoms with Crippen LogP contribution in [0.5, 0.6) is 5.75 Å². The number of benzene rings is 1. The van der Waals surface area contributed by atoms with Crippen LogP contribution in [0.2, 0.25) is 0 Å². The molecule has 1 aliphatic heterocycles. The summed E-state index contributed by atoms with van der Waals surface area (Å²) in [7, 11) is 0. The zero-order valence-corrected chi connectivity index (χ0v) is 16.3. The Bertz CT molecular complexity index is 837. The highest BCUT2D eigenvalue weighted by atomic mass is 16.8. The van der Waals surface area contributed by atoms with Gasteiger partial charge in [0.2, 0.25) is 0 Å². The molecule has 0 saturated carbocycles. The number of pyridine rings is 1. The Morgan fingerprint density at radius 3 is 2.90 bits per heavy atom. The first-order chi connectivity index (χ1) is 14.2. The average Bonchev–Trinajstić information content (AvgIpc) is 2.77. The van der Waals surface area contributed by atoms with Crippen LogP contribution in [0, 0.1) is 0 Å². The Hall–Kier alpha value is -2.97. The summed E-state index contributed by atoms with van der Waals surface area (Å²) in [5.74, 6) is 0.00334. The lowest BCUT2D eigenvalue weighted by Crippen LogP contribution is -2.33. The molecule has 2 aromatic rings. The molecule has 3 rings (SSSR count). The third kappa shape index (κ3) is 6.27. The van der Waals surface area contributed by atoms with Crippen LogP contribution in [0.4, 0.5) is 4.79 Å². The van der Waals surface area contributed by atoms with E-state index in [0.717, 1.165) is 31.2 Å². The van der Waals surface area contributed by atoms with Gasteiger partial charge in [-0.15, -0.1) is 0 Å². The van der Waals surface area contributed by atoms with E-state index in [-0.39, 0.29) is 0 Å². The molecule has 2 heterocycles. The van der Waals surface area contributed by atoms with Crippen molar-refractivity contribution in [1.82, 2.24) is 15.8 Å². The predicted octanol–water partition coefficient (Wildman–Crippen LogP) is 3.44. The largest absolute Gasteiger partial charge is 0.412 e. The van der Waals surface area contributed by atoms with Crippen molar-refractivity contribution in [2.45, 2.75) is 38.9 Å². The van der Waals surface area contributed by atoms with Crippen LogP contribution in [0.3, 0.4) is 0 Å². The van der Waals surface area contributed by atoms with Gasteiger partial charge in [0.05, 0.1) is 5.56 Å². The first-order valence-corrected chi connectivity index (χ1v) is 9.74. The van der Waals surface area contributed by atoms with Gasteiger partial charge in [-0.2, -0.15) is 0 Å². The van der Waals surface area contributed by atoms with Gasteiger partial charge in [0.25, 0.3) is 5.91 Å². The third-order valence-corrected chi connectivity index (χ3v) is 4.32. The van der Waals surface area contributed by atoms with Crippen molar-refractivity contribution >= 4 is 12.0 Å². The summed E-state index contributed by atoms with van der Waals surface area (Å²) in [4.78, 5) is 33.6. The number of carbonyl (C=O) groups is 2. The lowest BCUT2D eigenvalue weighted by atomic mass is 10.1. The number of ether oxygens (including phenoxy) is 2. The molecular weight excluding hydrogens is 374 g/mol. The molecule has 2 N–H and O–H groups in total. The Morgan fingerprint density at radius 1 is 1.21 bits per heavy atom. The molecule has 8 heteroatoms. The standard InChI is InChI=1S/C21H25N3O5/c1-2-9-23-21(26)28-18-7-5-6-15(12-18)16-11-17(14-22-13-16)20(25)24-29-19-8-3-4-10-27-19/h5-7,11-14,19H,2-4,8-10H2,1H3,(H,23,26)(H,24,25). The maximum atomic E-state index is 12.4. The summed E-state index contributed by atoms with van der Waals surface area (Å²) in [6, 6.07) is 8.73. The van der Waals surface area contributed by atoms with Crippen LogP contribution < -0.4 is 15.5 Å². The minimum absolute atomic E-state index is 0.352. The summed E-state index contributed by atoms with van der Waals surface area (Å²) in [5, 5.41) is 2.65. The maximum Gasteiger partial charge on any atom is 0.412 e. The SMILES string of the molecule is CCCNC(=O)Oc1cccc(-c2cncc(C(=O)NOC3CCCCO3)c2)c1. The number of hydrogen-bond donors (Lipinski definition) is 2. The second kappa shape index (κ2) is 10.5. The van der Waals surface area contributed by atoms with Crippen LogP contribution in [0.15, 0.2) is 42.7 Å². The topological polar surface area (TPSA) is 98.8 Å². The molecule has 0 radical (unpaired) electrons. The summed E-state index contributed by atoms with van der Waals surface area (Å²) < 4.78 is 10.7. The van der Waals surface area contributed by atoms with E-state index in [4.69, 9.17) is 14.3 Å². The quantitative estimate of drug-likeness (QED) is 0.692. The van der Waals surface area contributed by atoms with E-state index < -0.39 is 18.3 Å². The molecule has 0 bridgehead atoms. The van der Waals surface area contributed by atoms with E-state index in [2.05, 4.69) is 15.8 Å². The van der Waals surface area contributed by atoms with Crippen LogP contribution in [0.1, 0.15) is 43.0 Å². The molecular formula is C21H25N3O5. The molecule has 1 aliphatic rings. The van der Waals surface area contributed by atoms with Gasteiger partial charge in [0, 0.05) is 37.5 Å². The third-order valence-electron chi connectivity index (χ3n) is 4.32. The number of nitrogens with one attached hydrogen (secondary N) is 2. The van der Waals surface area contributed by atoms with Gasteiger partial charge in [0.1, 0.15) is 5.75 Å². The van der Waals surface area contributed by atoms with Crippen molar-refractivity contribution in [3.63, 3.8) is 0 Å². The van der Waals surface area contributed by atoms with Crippen LogP contribution in [-0.4, -0.2) is 36.4 Å². The van der Waals surface area contributed by atoms with Crippen LogP contribution in [0.25, 0.3) is 11.1 Å². The smallest absolute Gasteiger partial charge is 0.410 e. The molecule has 1 aromatic carbocycles. The maximum absolute atomic E-state index is 12.4. The van der Waals surface area contributed by atoms with Crippen molar-refractivity contribution in [3.05, 3.63) is 48.3 Å². The molecule has 8 nitrogen and oxygen atoms in total. The highest BCUT2D eigenvalue weighted by molar-refractivity contribution is 5.94. The van der Waals surface area contributed by atoms with Crippen molar-refractivity contribution in [2.75, 3.05) is 13.2 Å². The monoisotopic (exact) mass is 399 g/mol. The first-order valence-electron chi connectivity index (χ1n) is 9.74. The summed E-state index contributed by atoms with van der Waals surface area (Å²) in [6.07, 6.45) is 5.76. The highest BCUT2D eigenvalue weighted by Crippen LogP contribution is 2.24. The van der Waals surface area contributed by atoms with Crippen molar-refractivity contribution in [2.24, 2.45) is 0 Å². The van der Waals surface area contributed by atoms with Crippen molar-refractivity contribution in [3.8, 4) is 16.9 Å². The first kappa shape index (κ1) is 20.8. The fourth-order valence-electron chi connectivity index (χ4n) is 2.81. The Kier molecular flexibility index (Phi) is 7.54. The Labute approximate surface area is 169 Å². The number of carbonyl (C=O) groups excluding carboxylic acids is 2. The molecule has 154 valence electrons. The lowest BCUT2D eigenvalue weighted by Gasteiger charge is -2.22. The van der Waals surface area contributed by atoms with Gasteiger partial charge in [-0.05, 0) is 43.0 Å². The van der Waals surface area contributed by atoms with Gasteiger partial charge in [-0.1, -0.05) is 19.1 Å². The molecule has 1 fully saturated rings. The Morgan fingerprint density at radius 2 is 2.10 bits per heavy atom.